The Bertz CT molecular complexity index is 1110. The summed E-state index contributed by atoms with van der Waals surface area (Å²) >= 11 is 0. The minimum Gasteiger partial charge on any atom is -0.486 e. The lowest BCUT2D eigenvalue weighted by atomic mass is 9.47. The molecule has 0 radical (unpaired) electrons. The van der Waals surface area contributed by atoms with Crippen LogP contribution in [0.4, 0.5) is 4.39 Å². The van der Waals surface area contributed by atoms with Gasteiger partial charge in [-0.05, 0) is 79.9 Å². The average molecular weight is 497 g/mol. The van der Waals surface area contributed by atoms with Crippen LogP contribution in [-0.4, -0.2) is 49.1 Å². The van der Waals surface area contributed by atoms with Gasteiger partial charge in [0, 0.05) is 24.4 Å². The molecular formula is C29H37FN2O4. The van der Waals surface area contributed by atoms with Gasteiger partial charge in [-0.25, -0.2) is 4.39 Å². The number of fused-ring (bicyclic) bond motifs is 6. The number of rotatable bonds is 3. The Morgan fingerprint density at radius 2 is 1.89 bits per heavy atom. The standard InChI is InChI=1S/C29H37FN2O4/c1-28-13-12-20-18(8-11-25-29(20,2)14-22(30)27(34)32(25)3)19(28)9-10-21(28)26(33)31-15-17-16-35-23-6-4-5-7-24(23)36-17/h4-7,14,17-21,25H,8-13,15-16H2,1-3H3,(H,31,33)/t17-,18?,19+,20?,21-,25-,28+,29-/m1/s1. The number of benzene rings is 1. The van der Waals surface area contributed by atoms with E-state index in [0.717, 1.165) is 50.0 Å². The van der Waals surface area contributed by atoms with Crippen molar-refractivity contribution in [3.63, 3.8) is 0 Å². The zero-order valence-corrected chi connectivity index (χ0v) is 21.5. The summed E-state index contributed by atoms with van der Waals surface area (Å²) < 4.78 is 26.5. The summed E-state index contributed by atoms with van der Waals surface area (Å²) in [4.78, 5) is 27.4. The van der Waals surface area contributed by atoms with Crippen molar-refractivity contribution in [2.75, 3.05) is 20.2 Å². The summed E-state index contributed by atoms with van der Waals surface area (Å²) in [6.45, 7) is 5.32. The number of nitrogens with one attached hydrogen (secondary N) is 1. The van der Waals surface area contributed by atoms with Crippen molar-refractivity contribution < 1.29 is 23.5 Å². The summed E-state index contributed by atoms with van der Waals surface area (Å²) in [7, 11) is 1.75. The van der Waals surface area contributed by atoms with Gasteiger partial charge in [0.2, 0.25) is 5.91 Å². The first-order valence-corrected chi connectivity index (χ1v) is 13.5. The van der Waals surface area contributed by atoms with Crippen molar-refractivity contribution in [2.24, 2.45) is 34.5 Å². The van der Waals surface area contributed by atoms with Crippen LogP contribution < -0.4 is 14.8 Å². The molecule has 1 aromatic rings. The third kappa shape index (κ3) is 3.48. The average Bonchev–Trinajstić information content (AvgIpc) is 3.23. The van der Waals surface area contributed by atoms with Gasteiger partial charge in [-0.3, -0.25) is 9.59 Å². The molecular weight excluding hydrogens is 459 g/mol. The molecule has 5 aliphatic rings. The summed E-state index contributed by atoms with van der Waals surface area (Å²) in [5.74, 6) is 1.72. The van der Waals surface area contributed by atoms with Crippen LogP contribution in [0.1, 0.15) is 52.4 Å². The molecule has 6 nitrogen and oxygen atoms in total. The first kappa shape index (κ1) is 23.8. The van der Waals surface area contributed by atoms with Gasteiger partial charge < -0.3 is 19.7 Å². The topological polar surface area (TPSA) is 67.9 Å². The Labute approximate surface area is 212 Å². The van der Waals surface area contributed by atoms with E-state index in [-0.39, 0.29) is 34.8 Å². The number of nitrogens with zero attached hydrogens (tertiary/aromatic N) is 1. The quantitative estimate of drug-likeness (QED) is 0.669. The number of para-hydroxylation sites is 2. The number of amides is 2. The van der Waals surface area contributed by atoms with E-state index < -0.39 is 11.7 Å². The van der Waals surface area contributed by atoms with E-state index in [2.05, 4.69) is 19.2 Å². The van der Waals surface area contributed by atoms with Crippen molar-refractivity contribution in [1.82, 2.24) is 10.2 Å². The van der Waals surface area contributed by atoms with Gasteiger partial charge in [0.15, 0.2) is 17.3 Å². The fraction of sp³-hybridized carbons (Fsp3) is 0.655. The number of carbonyl (C=O) groups excluding carboxylic acids is 2. The van der Waals surface area contributed by atoms with Crippen molar-refractivity contribution >= 4 is 11.8 Å². The monoisotopic (exact) mass is 496 g/mol. The molecule has 2 aliphatic heterocycles. The fourth-order valence-electron chi connectivity index (χ4n) is 8.76. The van der Waals surface area contributed by atoms with E-state index in [0.29, 0.717) is 30.9 Å². The number of carbonyl (C=O) groups is 2. The maximum atomic E-state index is 14.6. The van der Waals surface area contributed by atoms with Crippen LogP contribution in [0.25, 0.3) is 0 Å². The molecule has 3 aliphatic carbocycles. The van der Waals surface area contributed by atoms with Crippen LogP contribution >= 0.6 is 0 Å². The first-order valence-electron chi connectivity index (χ1n) is 13.5. The first-order chi connectivity index (χ1) is 17.2. The molecule has 0 aromatic heterocycles. The van der Waals surface area contributed by atoms with Gasteiger partial charge in [0.25, 0.3) is 5.91 Å². The second-order valence-electron chi connectivity index (χ2n) is 12.2. The molecule has 8 atom stereocenters. The summed E-state index contributed by atoms with van der Waals surface area (Å²) in [5, 5.41) is 3.18. The summed E-state index contributed by atoms with van der Waals surface area (Å²) in [6.07, 6.45) is 7.24. The van der Waals surface area contributed by atoms with Gasteiger partial charge >= 0.3 is 0 Å². The predicted molar refractivity (Wildman–Crippen MR) is 133 cm³/mol. The van der Waals surface area contributed by atoms with Gasteiger partial charge in [-0.15, -0.1) is 0 Å². The van der Waals surface area contributed by atoms with Gasteiger partial charge in [0.1, 0.15) is 12.7 Å². The molecule has 36 heavy (non-hydrogen) atoms. The zero-order valence-electron chi connectivity index (χ0n) is 21.5. The lowest BCUT2D eigenvalue weighted by molar-refractivity contribution is -0.145. The second-order valence-corrected chi connectivity index (χ2v) is 12.2. The number of likely N-dealkylation sites (N-methyl/N-ethyl adjacent to an activating group) is 1. The molecule has 1 aromatic carbocycles. The maximum absolute atomic E-state index is 14.6. The molecule has 2 unspecified atom stereocenters. The number of hydrogen-bond donors (Lipinski definition) is 1. The zero-order chi connectivity index (χ0) is 25.2. The fourth-order valence-corrected chi connectivity index (χ4v) is 8.76. The van der Waals surface area contributed by atoms with Crippen LogP contribution in [0.2, 0.25) is 0 Å². The number of ether oxygens (including phenoxy) is 2. The SMILES string of the molecule is CN1C(=O)C(F)=C[C@]2(C)C3CC[C@]4(C)[C@@H](C(=O)NC[C@@H]5COc6ccccc6O5)CC[C@H]4C3CC[C@@H]12. The molecule has 6 rings (SSSR count). The highest BCUT2D eigenvalue weighted by atomic mass is 19.1. The molecule has 2 amide bonds. The van der Waals surface area contributed by atoms with E-state index >= 15 is 0 Å². The Balaban J connectivity index is 1.14. The van der Waals surface area contributed by atoms with Crippen molar-refractivity contribution in [2.45, 2.75) is 64.5 Å². The molecule has 0 spiro atoms. The van der Waals surface area contributed by atoms with Crippen LogP contribution in [0.5, 0.6) is 11.5 Å². The molecule has 7 heteroatoms. The van der Waals surface area contributed by atoms with Gasteiger partial charge in [-0.2, -0.15) is 0 Å². The van der Waals surface area contributed by atoms with E-state index in [1.165, 1.54) is 0 Å². The summed E-state index contributed by atoms with van der Waals surface area (Å²) in [6, 6.07) is 7.67. The number of hydrogen-bond acceptors (Lipinski definition) is 4. The Hall–Kier alpha value is -2.57. The minimum atomic E-state index is -0.606. The van der Waals surface area contributed by atoms with Crippen molar-refractivity contribution in [3.05, 3.63) is 36.2 Å². The Morgan fingerprint density at radius 1 is 1.11 bits per heavy atom. The highest BCUT2D eigenvalue weighted by molar-refractivity contribution is 5.92. The van der Waals surface area contributed by atoms with Crippen LogP contribution in [0.15, 0.2) is 36.2 Å². The molecule has 3 saturated carbocycles. The Morgan fingerprint density at radius 3 is 2.69 bits per heavy atom. The van der Waals surface area contributed by atoms with Crippen LogP contribution in [-0.2, 0) is 9.59 Å². The molecule has 194 valence electrons. The van der Waals surface area contributed by atoms with Gasteiger partial charge in [-0.1, -0.05) is 26.0 Å². The third-order valence-electron chi connectivity index (χ3n) is 10.5. The second kappa shape index (κ2) is 8.49. The van der Waals surface area contributed by atoms with Crippen LogP contribution in [0.3, 0.4) is 0 Å². The molecule has 1 N–H and O–H groups in total. The predicted octanol–water partition coefficient (Wildman–Crippen LogP) is 4.50. The lowest BCUT2D eigenvalue weighted by Crippen LogP contribution is -2.60. The van der Waals surface area contributed by atoms with E-state index in [1.807, 2.05) is 24.3 Å². The van der Waals surface area contributed by atoms with E-state index in [1.54, 1.807) is 18.0 Å². The smallest absolute Gasteiger partial charge is 0.282 e. The largest absolute Gasteiger partial charge is 0.486 e. The lowest BCUT2D eigenvalue weighted by Gasteiger charge is -2.60. The molecule has 0 bridgehead atoms. The minimum absolute atomic E-state index is 0.0198. The summed E-state index contributed by atoms with van der Waals surface area (Å²) in [5.41, 5.74) is -0.393. The third-order valence-corrected chi connectivity index (χ3v) is 10.5. The maximum Gasteiger partial charge on any atom is 0.282 e. The highest BCUT2D eigenvalue weighted by Crippen LogP contribution is 2.65. The molecule has 3 fully saturated rings. The molecule has 2 heterocycles. The Kier molecular flexibility index (Phi) is 5.61. The van der Waals surface area contributed by atoms with E-state index in [4.69, 9.17) is 9.47 Å². The normalized spacial score (nSPS) is 41.1. The van der Waals surface area contributed by atoms with Gasteiger partial charge in [0.05, 0.1) is 6.54 Å². The molecule has 0 saturated heterocycles. The van der Waals surface area contributed by atoms with Crippen LogP contribution in [0, 0.1) is 34.5 Å². The van der Waals surface area contributed by atoms with Crippen molar-refractivity contribution in [1.29, 1.82) is 0 Å². The van der Waals surface area contributed by atoms with Crippen molar-refractivity contribution in [3.8, 4) is 11.5 Å². The number of halogens is 1. The van der Waals surface area contributed by atoms with E-state index in [9.17, 15) is 14.0 Å². The highest BCUT2D eigenvalue weighted by Gasteiger charge is 2.62.